The second kappa shape index (κ2) is 5.38. The first-order valence-electron chi connectivity index (χ1n) is 8.24. The highest BCUT2D eigenvalue weighted by Crippen LogP contribution is 2.52. The van der Waals surface area contributed by atoms with Gasteiger partial charge in [0.2, 0.25) is 0 Å². The fourth-order valence-corrected chi connectivity index (χ4v) is 4.03. The minimum atomic E-state index is -0.177. The molecular formula is C19H23NO2. The largest absolute Gasteiger partial charge is 0.269 e. The summed E-state index contributed by atoms with van der Waals surface area (Å²) < 4.78 is 0. The van der Waals surface area contributed by atoms with Crippen molar-refractivity contribution in [3.8, 4) is 0 Å². The smallest absolute Gasteiger partial charge is 0.254 e. The zero-order valence-electron chi connectivity index (χ0n) is 13.6. The van der Waals surface area contributed by atoms with Crippen LogP contribution in [0.3, 0.4) is 0 Å². The highest BCUT2D eigenvalue weighted by molar-refractivity contribution is 6.13. The Balaban J connectivity index is 2.10. The molecule has 1 atom stereocenters. The van der Waals surface area contributed by atoms with E-state index in [1.807, 2.05) is 0 Å². The topological polar surface area (TPSA) is 37.4 Å². The molecule has 3 rings (SSSR count). The summed E-state index contributed by atoms with van der Waals surface area (Å²) in [6.07, 6.45) is 6.69. The molecule has 0 bridgehead atoms. The molecule has 2 aliphatic rings. The summed E-state index contributed by atoms with van der Waals surface area (Å²) in [4.78, 5) is 25.7. The van der Waals surface area contributed by atoms with Crippen molar-refractivity contribution in [3.63, 3.8) is 0 Å². The third kappa shape index (κ3) is 2.03. The second-order valence-corrected chi connectivity index (χ2v) is 6.36. The van der Waals surface area contributed by atoms with Crippen LogP contribution in [0.1, 0.15) is 62.8 Å². The van der Waals surface area contributed by atoms with Gasteiger partial charge in [-0.3, -0.25) is 14.5 Å². The van der Waals surface area contributed by atoms with Crippen LogP contribution in [0.25, 0.3) is 0 Å². The van der Waals surface area contributed by atoms with E-state index in [-0.39, 0.29) is 23.3 Å². The van der Waals surface area contributed by atoms with E-state index in [1.165, 1.54) is 28.2 Å². The lowest BCUT2D eigenvalue weighted by atomic mass is 9.76. The van der Waals surface area contributed by atoms with Crippen molar-refractivity contribution in [2.75, 3.05) is 0 Å². The zero-order valence-corrected chi connectivity index (χ0v) is 13.6. The number of amides is 2. The molecule has 0 N–H and O–H groups in total. The molecule has 0 radical (unpaired) electrons. The number of aryl methyl sites for hydroxylation is 1. The summed E-state index contributed by atoms with van der Waals surface area (Å²) >= 11 is 0. The molecule has 1 aliphatic carbocycles. The molecule has 1 aromatic rings. The molecule has 0 saturated heterocycles. The molecule has 1 heterocycles. The highest BCUT2D eigenvalue weighted by atomic mass is 16.2. The van der Waals surface area contributed by atoms with E-state index in [4.69, 9.17) is 0 Å². The molecule has 0 aromatic heterocycles. The maximum atomic E-state index is 12.1. The number of carbonyl (C=O) groups is 2. The van der Waals surface area contributed by atoms with Crippen LogP contribution in [0, 0.1) is 0 Å². The monoisotopic (exact) mass is 297 g/mol. The fourth-order valence-electron chi connectivity index (χ4n) is 4.03. The second-order valence-electron chi connectivity index (χ2n) is 6.36. The molecule has 3 nitrogen and oxygen atoms in total. The van der Waals surface area contributed by atoms with Gasteiger partial charge in [-0.1, -0.05) is 39.0 Å². The summed E-state index contributed by atoms with van der Waals surface area (Å²) in [7, 11) is 0. The molecule has 1 aromatic carbocycles. The Morgan fingerprint density at radius 3 is 2.27 bits per heavy atom. The van der Waals surface area contributed by atoms with Gasteiger partial charge in [-0.25, -0.2) is 0 Å². The molecular weight excluding hydrogens is 274 g/mol. The fraction of sp³-hybridized carbons (Fsp3) is 0.474. The molecule has 0 saturated carbocycles. The minimum Gasteiger partial charge on any atom is -0.269 e. The number of nitrogens with zero attached hydrogens (tertiary/aromatic N) is 1. The van der Waals surface area contributed by atoms with E-state index in [0.717, 1.165) is 31.2 Å². The molecule has 0 spiro atoms. The normalized spacial score (nSPS) is 22.5. The number of rotatable bonds is 4. The van der Waals surface area contributed by atoms with Crippen molar-refractivity contribution in [1.29, 1.82) is 0 Å². The Morgan fingerprint density at radius 2 is 1.73 bits per heavy atom. The van der Waals surface area contributed by atoms with Gasteiger partial charge in [0.1, 0.15) is 0 Å². The van der Waals surface area contributed by atoms with Crippen LogP contribution in [0.4, 0.5) is 0 Å². The van der Waals surface area contributed by atoms with Crippen LogP contribution >= 0.6 is 0 Å². The Bertz CT molecular complexity index is 637. The molecule has 1 aliphatic heterocycles. The lowest BCUT2D eigenvalue weighted by Crippen LogP contribution is -2.34. The molecule has 0 unspecified atom stereocenters. The van der Waals surface area contributed by atoms with Crippen LogP contribution < -0.4 is 0 Å². The SMILES string of the molecule is CCc1ccc2c(c1)C(CC)(CC)C[C@@H]2N1C(=O)C=CC1=O. The summed E-state index contributed by atoms with van der Waals surface area (Å²) in [6.45, 7) is 6.57. The number of fused-ring (bicyclic) bond motifs is 1. The summed E-state index contributed by atoms with van der Waals surface area (Å²) in [5.74, 6) is -0.355. The number of hydrogen-bond acceptors (Lipinski definition) is 2. The first-order chi connectivity index (χ1) is 10.6. The van der Waals surface area contributed by atoms with Gasteiger partial charge in [0, 0.05) is 12.2 Å². The number of carbonyl (C=O) groups excluding carboxylic acids is 2. The molecule has 2 amide bonds. The number of imide groups is 1. The predicted molar refractivity (Wildman–Crippen MR) is 86.4 cm³/mol. The molecule has 22 heavy (non-hydrogen) atoms. The Hall–Kier alpha value is -1.90. The lowest BCUT2D eigenvalue weighted by molar-refractivity contribution is -0.139. The van der Waals surface area contributed by atoms with E-state index in [0.29, 0.717) is 0 Å². The van der Waals surface area contributed by atoms with Crippen LogP contribution in [-0.2, 0) is 21.4 Å². The summed E-state index contributed by atoms with van der Waals surface area (Å²) in [6, 6.07) is 6.44. The van der Waals surface area contributed by atoms with Crippen molar-refractivity contribution in [2.24, 2.45) is 0 Å². The Morgan fingerprint density at radius 1 is 1.09 bits per heavy atom. The average molecular weight is 297 g/mol. The predicted octanol–water partition coefficient (Wildman–Crippen LogP) is 3.68. The van der Waals surface area contributed by atoms with E-state index in [2.05, 4.69) is 39.0 Å². The van der Waals surface area contributed by atoms with Gasteiger partial charge in [-0.15, -0.1) is 0 Å². The van der Waals surface area contributed by atoms with Gasteiger partial charge < -0.3 is 0 Å². The van der Waals surface area contributed by atoms with E-state index in [9.17, 15) is 9.59 Å². The van der Waals surface area contributed by atoms with Crippen molar-refractivity contribution < 1.29 is 9.59 Å². The van der Waals surface area contributed by atoms with Crippen molar-refractivity contribution in [2.45, 2.75) is 57.9 Å². The Kier molecular flexibility index (Phi) is 3.67. The molecule has 116 valence electrons. The van der Waals surface area contributed by atoms with E-state index < -0.39 is 0 Å². The first-order valence-corrected chi connectivity index (χ1v) is 8.24. The van der Waals surface area contributed by atoms with E-state index in [1.54, 1.807) is 0 Å². The van der Waals surface area contributed by atoms with Gasteiger partial charge in [0.05, 0.1) is 6.04 Å². The van der Waals surface area contributed by atoms with Crippen LogP contribution in [0.2, 0.25) is 0 Å². The van der Waals surface area contributed by atoms with Gasteiger partial charge in [-0.2, -0.15) is 0 Å². The van der Waals surface area contributed by atoms with Crippen LogP contribution in [-0.4, -0.2) is 16.7 Å². The Labute approximate surface area is 132 Å². The van der Waals surface area contributed by atoms with Gasteiger partial charge in [0.25, 0.3) is 11.8 Å². The first kappa shape index (κ1) is 15.0. The third-order valence-corrected chi connectivity index (χ3v) is 5.55. The van der Waals surface area contributed by atoms with Crippen LogP contribution in [0.15, 0.2) is 30.4 Å². The average Bonchev–Trinajstić information content (AvgIpc) is 3.04. The standard InChI is InChI=1S/C19H23NO2/c1-4-13-7-8-14-15(11-13)19(5-2,6-3)12-16(14)20-17(21)9-10-18(20)22/h7-11,16H,4-6,12H2,1-3H3/t16-/m0/s1. The van der Waals surface area contributed by atoms with Crippen molar-refractivity contribution >= 4 is 11.8 Å². The molecule has 0 fully saturated rings. The van der Waals surface area contributed by atoms with Crippen molar-refractivity contribution in [1.82, 2.24) is 4.90 Å². The van der Waals surface area contributed by atoms with Gasteiger partial charge in [0.15, 0.2) is 0 Å². The number of benzene rings is 1. The third-order valence-electron chi connectivity index (χ3n) is 5.55. The lowest BCUT2D eigenvalue weighted by Gasteiger charge is -2.29. The summed E-state index contributed by atoms with van der Waals surface area (Å²) in [5.41, 5.74) is 3.90. The molecule has 3 heteroatoms. The quantitative estimate of drug-likeness (QED) is 0.795. The minimum absolute atomic E-state index is 0.0777. The maximum absolute atomic E-state index is 12.1. The van der Waals surface area contributed by atoms with Gasteiger partial charge >= 0.3 is 0 Å². The van der Waals surface area contributed by atoms with E-state index >= 15 is 0 Å². The zero-order chi connectivity index (χ0) is 15.9. The maximum Gasteiger partial charge on any atom is 0.254 e. The highest BCUT2D eigenvalue weighted by Gasteiger charge is 2.46. The van der Waals surface area contributed by atoms with Gasteiger partial charge in [-0.05, 0) is 47.8 Å². The number of hydrogen-bond donors (Lipinski definition) is 0. The van der Waals surface area contributed by atoms with Crippen LogP contribution in [0.5, 0.6) is 0 Å². The van der Waals surface area contributed by atoms with Crippen molar-refractivity contribution in [3.05, 3.63) is 47.0 Å². The summed E-state index contributed by atoms with van der Waals surface area (Å²) in [5, 5.41) is 0.